The van der Waals surface area contributed by atoms with Crippen LogP contribution in [0.4, 0.5) is 0 Å². The highest BCUT2D eigenvalue weighted by molar-refractivity contribution is 7.80. The quantitative estimate of drug-likeness (QED) is 0.660. The van der Waals surface area contributed by atoms with Crippen LogP contribution in [-0.2, 0) is 0 Å². The minimum atomic E-state index is 0.237. The van der Waals surface area contributed by atoms with Crippen molar-refractivity contribution in [2.45, 2.75) is 5.92 Å². The van der Waals surface area contributed by atoms with Crippen LogP contribution in [0.1, 0.15) is 11.5 Å². The lowest BCUT2D eigenvalue weighted by Crippen LogP contribution is -2.07. The molecule has 1 unspecified atom stereocenters. The van der Waals surface area contributed by atoms with Crippen molar-refractivity contribution in [2.24, 2.45) is 0 Å². The lowest BCUT2D eigenvalue weighted by Gasteiger charge is -2.17. The number of benzene rings is 2. The number of thiocarbonyl (C=S) groups is 1. The first kappa shape index (κ1) is 10.4. The van der Waals surface area contributed by atoms with Gasteiger partial charge in [-0.15, -0.1) is 0 Å². The van der Waals surface area contributed by atoms with Crippen molar-refractivity contribution in [3.05, 3.63) is 72.3 Å². The standard InChI is InChI=1S/C16H12S/c17-16-11-4-3-9-15(16)14-10-5-7-12-6-1-2-8-13(12)14/h1-11,15H. The molecule has 0 N–H and O–H groups in total. The average molecular weight is 236 g/mol. The molecule has 0 bridgehead atoms. The number of rotatable bonds is 1. The Morgan fingerprint density at radius 1 is 0.882 bits per heavy atom. The van der Waals surface area contributed by atoms with Crippen LogP contribution >= 0.6 is 12.2 Å². The molecule has 0 spiro atoms. The summed E-state index contributed by atoms with van der Waals surface area (Å²) in [7, 11) is 0. The molecule has 0 amide bonds. The normalized spacial score (nSPS) is 18.8. The van der Waals surface area contributed by atoms with Crippen LogP contribution in [0.5, 0.6) is 0 Å². The molecule has 2 aromatic carbocycles. The zero-order valence-electron chi connectivity index (χ0n) is 9.34. The van der Waals surface area contributed by atoms with Gasteiger partial charge in [-0.25, -0.2) is 0 Å². The van der Waals surface area contributed by atoms with E-state index in [1.54, 1.807) is 0 Å². The molecular formula is C16H12S. The Labute approximate surface area is 106 Å². The van der Waals surface area contributed by atoms with E-state index >= 15 is 0 Å². The van der Waals surface area contributed by atoms with Gasteiger partial charge < -0.3 is 0 Å². The van der Waals surface area contributed by atoms with E-state index in [2.05, 4.69) is 54.6 Å². The summed E-state index contributed by atoms with van der Waals surface area (Å²) in [5.41, 5.74) is 1.30. The molecule has 0 fully saturated rings. The Hall–Kier alpha value is -1.73. The van der Waals surface area contributed by atoms with E-state index in [1.807, 2.05) is 12.2 Å². The van der Waals surface area contributed by atoms with Crippen molar-refractivity contribution in [1.29, 1.82) is 0 Å². The van der Waals surface area contributed by atoms with E-state index in [9.17, 15) is 0 Å². The first-order chi connectivity index (χ1) is 8.36. The monoisotopic (exact) mass is 236 g/mol. The van der Waals surface area contributed by atoms with Crippen LogP contribution in [0, 0.1) is 0 Å². The molecule has 0 aliphatic heterocycles. The van der Waals surface area contributed by atoms with E-state index in [1.165, 1.54) is 16.3 Å². The van der Waals surface area contributed by atoms with E-state index in [0.717, 1.165) is 4.86 Å². The molecule has 0 saturated heterocycles. The Balaban J connectivity index is 2.21. The fraction of sp³-hybridized carbons (Fsp3) is 0.0625. The third-order valence-electron chi connectivity index (χ3n) is 3.14. The summed E-state index contributed by atoms with van der Waals surface area (Å²) >= 11 is 5.43. The fourth-order valence-electron chi connectivity index (χ4n) is 2.30. The summed E-state index contributed by atoms with van der Waals surface area (Å²) in [5.74, 6) is 0.237. The highest BCUT2D eigenvalue weighted by Gasteiger charge is 2.15. The number of fused-ring (bicyclic) bond motifs is 1. The summed E-state index contributed by atoms with van der Waals surface area (Å²) in [6.07, 6.45) is 8.26. The molecule has 0 radical (unpaired) electrons. The predicted octanol–water partition coefficient (Wildman–Crippen LogP) is 4.42. The Bertz CT molecular complexity index is 630. The maximum Gasteiger partial charge on any atom is 0.0381 e. The summed E-state index contributed by atoms with van der Waals surface area (Å²) < 4.78 is 0. The second-order valence-corrected chi connectivity index (χ2v) is 4.66. The van der Waals surface area contributed by atoms with Gasteiger partial charge in [0.15, 0.2) is 0 Å². The summed E-state index contributed by atoms with van der Waals surface area (Å²) in [5, 5.41) is 2.57. The van der Waals surface area contributed by atoms with Crippen molar-refractivity contribution in [2.75, 3.05) is 0 Å². The summed E-state index contributed by atoms with van der Waals surface area (Å²) in [4.78, 5) is 0.990. The maximum atomic E-state index is 5.43. The molecule has 0 nitrogen and oxygen atoms in total. The van der Waals surface area contributed by atoms with Crippen LogP contribution in [0.3, 0.4) is 0 Å². The molecule has 0 heterocycles. The minimum absolute atomic E-state index is 0.237. The van der Waals surface area contributed by atoms with E-state index in [4.69, 9.17) is 12.2 Å². The summed E-state index contributed by atoms with van der Waals surface area (Å²) in [6.45, 7) is 0. The van der Waals surface area contributed by atoms with Crippen LogP contribution in [0.15, 0.2) is 66.8 Å². The van der Waals surface area contributed by atoms with Crippen molar-refractivity contribution < 1.29 is 0 Å². The van der Waals surface area contributed by atoms with Crippen LogP contribution in [-0.4, -0.2) is 4.86 Å². The Morgan fingerprint density at radius 2 is 1.71 bits per heavy atom. The highest BCUT2D eigenvalue weighted by atomic mass is 32.1. The zero-order valence-corrected chi connectivity index (χ0v) is 10.2. The first-order valence-electron chi connectivity index (χ1n) is 5.72. The van der Waals surface area contributed by atoms with Gasteiger partial charge in [0.1, 0.15) is 0 Å². The molecule has 1 aliphatic carbocycles. The predicted molar refractivity (Wildman–Crippen MR) is 77.6 cm³/mol. The van der Waals surface area contributed by atoms with Gasteiger partial charge in [-0.2, -0.15) is 0 Å². The lowest BCUT2D eigenvalue weighted by atomic mass is 9.89. The van der Waals surface area contributed by atoms with Crippen molar-refractivity contribution in [3.63, 3.8) is 0 Å². The third kappa shape index (κ3) is 1.83. The molecule has 2 aromatic rings. The topological polar surface area (TPSA) is 0 Å². The molecule has 1 heteroatoms. The van der Waals surface area contributed by atoms with Gasteiger partial charge in [0.2, 0.25) is 0 Å². The molecule has 1 atom stereocenters. The number of allylic oxidation sites excluding steroid dienone is 4. The maximum absolute atomic E-state index is 5.43. The van der Waals surface area contributed by atoms with Crippen molar-refractivity contribution >= 4 is 27.9 Å². The number of hydrogen-bond donors (Lipinski definition) is 0. The Morgan fingerprint density at radius 3 is 2.59 bits per heavy atom. The zero-order chi connectivity index (χ0) is 11.7. The fourth-order valence-corrected chi connectivity index (χ4v) is 2.59. The second-order valence-electron chi connectivity index (χ2n) is 4.19. The molecule has 1 aliphatic rings. The van der Waals surface area contributed by atoms with Crippen molar-refractivity contribution in [1.82, 2.24) is 0 Å². The number of hydrogen-bond acceptors (Lipinski definition) is 1. The van der Waals surface area contributed by atoms with Gasteiger partial charge in [0, 0.05) is 10.8 Å². The van der Waals surface area contributed by atoms with Gasteiger partial charge in [-0.05, 0) is 22.4 Å². The molecule has 0 saturated carbocycles. The molecule has 3 rings (SSSR count). The largest absolute Gasteiger partial charge is 0.0839 e. The van der Waals surface area contributed by atoms with Crippen molar-refractivity contribution in [3.8, 4) is 0 Å². The van der Waals surface area contributed by atoms with Crippen LogP contribution < -0.4 is 0 Å². The van der Waals surface area contributed by atoms with Gasteiger partial charge in [-0.3, -0.25) is 0 Å². The minimum Gasteiger partial charge on any atom is -0.0839 e. The van der Waals surface area contributed by atoms with Crippen LogP contribution in [0.25, 0.3) is 10.8 Å². The van der Waals surface area contributed by atoms with Crippen LogP contribution in [0.2, 0.25) is 0 Å². The molecule has 82 valence electrons. The van der Waals surface area contributed by atoms with E-state index < -0.39 is 0 Å². The van der Waals surface area contributed by atoms with Gasteiger partial charge >= 0.3 is 0 Å². The SMILES string of the molecule is S=C1C=CC=CC1c1cccc2ccccc12. The average Bonchev–Trinajstić information content (AvgIpc) is 2.39. The van der Waals surface area contributed by atoms with Gasteiger partial charge in [0.05, 0.1) is 0 Å². The van der Waals surface area contributed by atoms with E-state index in [0.29, 0.717) is 0 Å². The van der Waals surface area contributed by atoms with E-state index in [-0.39, 0.29) is 5.92 Å². The molecule has 17 heavy (non-hydrogen) atoms. The first-order valence-corrected chi connectivity index (χ1v) is 6.13. The summed E-state index contributed by atoms with van der Waals surface area (Å²) in [6, 6.07) is 14.9. The highest BCUT2D eigenvalue weighted by Crippen LogP contribution is 2.29. The third-order valence-corrected chi connectivity index (χ3v) is 3.53. The molecular weight excluding hydrogens is 224 g/mol. The lowest BCUT2D eigenvalue weighted by molar-refractivity contribution is 1.18. The smallest absolute Gasteiger partial charge is 0.0381 e. The Kier molecular flexibility index (Phi) is 2.62. The molecule has 0 aromatic heterocycles. The van der Waals surface area contributed by atoms with Gasteiger partial charge in [-0.1, -0.05) is 72.9 Å². The second kappa shape index (κ2) is 4.27. The van der Waals surface area contributed by atoms with Gasteiger partial charge in [0.25, 0.3) is 0 Å².